The van der Waals surface area contributed by atoms with E-state index >= 15 is 0 Å². The Bertz CT molecular complexity index is 1870. The first-order valence-electron chi connectivity index (χ1n) is 20.4. The second-order valence-corrected chi connectivity index (χ2v) is 15.7. The molecule has 0 aliphatic carbocycles. The van der Waals surface area contributed by atoms with Crippen LogP contribution in [0.25, 0.3) is 0 Å². The molecule has 0 saturated carbocycles. The maximum atomic E-state index is 13.0. The van der Waals surface area contributed by atoms with Crippen molar-refractivity contribution in [2.24, 2.45) is 0 Å². The molecular formula is C46H52F2N6O4. The highest BCUT2D eigenvalue weighted by molar-refractivity contribution is 5.97. The van der Waals surface area contributed by atoms with Crippen molar-refractivity contribution >= 4 is 34.8 Å². The Labute approximate surface area is 339 Å². The van der Waals surface area contributed by atoms with E-state index in [-0.39, 0.29) is 35.0 Å². The lowest BCUT2D eigenvalue weighted by molar-refractivity contribution is -0.125. The van der Waals surface area contributed by atoms with Gasteiger partial charge in [-0.25, -0.2) is 8.78 Å². The van der Waals surface area contributed by atoms with E-state index in [1.807, 2.05) is 36.4 Å². The minimum absolute atomic E-state index is 0.0453. The second-order valence-electron chi connectivity index (χ2n) is 15.7. The average molecular weight is 791 g/mol. The minimum atomic E-state index is -0.470. The van der Waals surface area contributed by atoms with Gasteiger partial charge in [0.2, 0.25) is 11.8 Å². The monoisotopic (exact) mass is 790 g/mol. The quantitative estimate of drug-likeness (QED) is 0.158. The maximum absolute atomic E-state index is 13.0. The number of likely N-dealkylation sites (tertiary alicyclic amines) is 2. The van der Waals surface area contributed by atoms with Gasteiger partial charge in [0, 0.05) is 61.5 Å². The van der Waals surface area contributed by atoms with Crippen molar-refractivity contribution in [2.45, 2.75) is 62.4 Å². The molecule has 304 valence electrons. The third-order valence-electron chi connectivity index (χ3n) is 12.3. The van der Waals surface area contributed by atoms with Crippen LogP contribution in [0.15, 0.2) is 109 Å². The van der Waals surface area contributed by atoms with Crippen LogP contribution in [0.5, 0.6) is 0 Å². The molecule has 0 aromatic heterocycles. The van der Waals surface area contributed by atoms with E-state index in [4.69, 9.17) is 0 Å². The fraction of sp³-hybridized carbons (Fsp3) is 0.391. The number of para-hydroxylation sites is 2. The fourth-order valence-electron chi connectivity index (χ4n) is 8.85. The molecule has 0 atom stereocenters. The zero-order valence-electron chi connectivity index (χ0n) is 32.9. The predicted molar refractivity (Wildman–Crippen MR) is 221 cm³/mol. The summed E-state index contributed by atoms with van der Waals surface area (Å²) in [7, 11) is 0. The largest absolute Gasteiger partial charge is 0.339 e. The van der Waals surface area contributed by atoms with Crippen molar-refractivity contribution < 1.29 is 28.0 Å². The van der Waals surface area contributed by atoms with E-state index in [0.717, 1.165) is 89.2 Å². The lowest BCUT2D eigenvalue weighted by Gasteiger charge is -2.43. The van der Waals surface area contributed by atoms with E-state index < -0.39 is 11.1 Å². The molecule has 4 fully saturated rings. The molecular weight excluding hydrogens is 739 g/mol. The number of hydrogen-bond donors (Lipinski definition) is 2. The van der Waals surface area contributed by atoms with Crippen LogP contribution >= 0.6 is 0 Å². The second kappa shape index (κ2) is 18.4. The Morgan fingerprint density at radius 1 is 0.517 bits per heavy atom. The lowest BCUT2D eigenvalue weighted by Crippen LogP contribution is -2.56. The Hall–Kier alpha value is -5.46. The summed E-state index contributed by atoms with van der Waals surface area (Å²) in [4.78, 5) is 58.9. The Morgan fingerprint density at radius 2 is 0.862 bits per heavy atom. The van der Waals surface area contributed by atoms with Crippen molar-refractivity contribution in [3.8, 4) is 0 Å². The first kappa shape index (κ1) is 40.7. The van der Waals surface area contributed by atoms with Gasteiger partial charge in [0.25, 0.3) is 0 Å². The summed E-state index contributed by atoms with van der Waals surface area (Å²) in [6.45, 7) is 6.10. The molecule has 4 aromatic rings. The number of amides is 2. The van der Waals surface area contributed by atoms with Gasteiger partial charge in [-0.3, -0.25) is 19.2 Å². The van der Waals surface area contributed by atoms with Gasteiger partial charge in [-0.15, -0.1) is 0 Å². The molecule has 4 aromatic carbocycles. The van der Waals surface area contributed by atoms with Crippen LogP contribution in [0, 0.1) is 11.6 Å². The van der Waals surface area contributed by atoms with E-state index in [0.29, 0.717) is 37.3 Å². The average Bonchev–Trinajstić information content (AvgIpc) is 3.74. The predicted octanol–water partition coefficient (Wildman–Crippen LogP) is 6.43. The van der Waals surface area contributed by atoms with E-state index in [2.05, 4.69) is 54.5 Å². The summed E-state index contributed by atoms with van der Waals surface area (Å²) in [5, 5.41) is 6.04. The Morgan fingerprint density at radius 3 is 1.21 bits per heavy atom. The van der Waals surface area contributed by atoms with Gasteiger partial charge < -0.3 is 30.2 Å². The normalized spacial score (nSPS) is 18.8. The van der Waals surface area contributed by atoms with Crippen LogP contribution in [-0.4, -0.2) is 96.9 Å². The number of rotatable bonds is 12. The third-order valence-corrected chi connectivity index (χ3v) is 12.3. The highest BCUT2D eigenvalue weighted by atomic mass is 19.1. The lowest BCUT2D eigenvalue weighted by atomic mass is 9.85. The molecule has 4 aliphatic heterocycles. The molecule has 0 radical (unpaired) electrons. The molecule has 8 rings (SSSR count). The summed E-state index contributed by atoms with van der Waals surface area (Å²) in [6, 6.07) is 31.6. The maximum Gasteiger partial charge on any atom is 0.247 e. The van der Waals surface area contributed by atoms with Gasteiger partial charge in [0.05, 0.1) is 13.3 Å². The van der Waals surface area contributed by atoms with Gasteiger partial charge >= 0.3 is 0 Å². The zero-order chi connectivity index (χ0) is 40.5. The van der Waals surface area contributed by atoms with Gasteiger partial charge in [-0.2, -0.15) is 0 Å². The number of piperidine rings is 2. The molecule has 0 bridgehead atoms. The summed E-state index contributed by atoms with van der Waals surface area (Å²) < 4.78 is 26.0. The molecule has 58 heavy (non-hydrogen) atoms. The molecule has 0 unspecified atom stereocenters. The van der Waals surface area contributed by atoms with Crippen LogP contribution < -0.4 is 20.4 Å². The van der Waals surface area contributed by atoms with Crippen molar-refractivity contribution in [3.63, 3.8) is 0 Å². The van der Waals surface area contributed by atoms with E-state index in [1.54, 1.807) is 24.3 Å². The zero-order valence-corrected chi connectivity index (χ0v) is 32.9. The van der Waals surface area contributed by atoms with Crippen molar-refractivity contribution in [3.05, 3.63) is 132 Å². The van der Waals surface area contributed by atoms with E-state index in [1.165, 1.54) is 24.3 Å². The molecule has 12 heteroatoms. The number of ketones is 2. The number of carbonyl (C=O) groups excluding carboxylic acids is 4. The summed E-state index contributed by atoms with van der Waals surface area (Å²) in [6.07, 6.45) is 5.53. The van der Waals surface area contributed by atoms with Crippen LogP contribution in [-0.2, 0) is 9.59 Å². The first-order valence-corrected chi connectivity index (χ1v) is 20.4. The highest BCUT2D eigenvalue weighted by Crippen LogP contribution is 2.37. The number of carbonyl (C=O) groups is 4. The van der Waals surface area contributed by atoms with Gasteiger partial charge in [0.15, 0.2) is 11.6 Å². The van der Waals surface area contributed by atoms with Crippen LogP contribution in [0.4, 0.5) is 20.2 Å². The summed E-state index contributed by atoms with van der Waals surface area (Å²) >= 11 is 0. The van der Waals surface area contributed by atoms with Gasteiger partial charge in [-0.1, -0.05) is 36.4 Å². The number of hydrogen-bond acceptors (Lipinski definition) is 8. The Kier molecular flexibility index (Phi) is 12.9. The van der Waals surface area contributed by atoms with Crippen LogP contribution in [0.2, 0.25) is 0 Å². The number of benzene rings is 4. The standard InChI is InChI=1S/2C23H26FN3O2/c2*24-19-10-8-18(9-11-19)21(28)7-4-14-26-15-12-23(13-16-26)22(29)25-17-27(23)20-5-2-1-3-6-20/h2*1-3,5-6,8-11H,4,7,12-17H2,(H,25,29). The number of anilines is 2. The molecule has 2 N–H and O–H groups in total. The molecule has 10 nitrogen and oxygen atoms in total. The molecule has 2 amide bonds. The number of nitrogens with one attached hydrogen (secondary N) is 2. The van der Waals surface area contributed by atoms with Crippen molar-refractivity contribution in [2.75, 3.05) is 62.4 Å². The summed E-state index contributed by atoms with van der Waals surface area (Å²) in [5.41, 5.74) is 2.33. The summed E-state index contributed by atoms with van der Waals surface area (Å²) in [5.74, 6) is -0.332. The topological polar surface area (TPSA) is 105 Å². The number of halogens is 2. The number of nitrogens with zero attached hydrogens (tertiary/aromatic N) is 4. The van der Waals surface area contributed by atoms with Gasteiger partial charge in [0.1, 0.15) is 22.7 Å². The first-order chi connectivity index (χ1) is 28.2. The van der Waals surface area contributed by atoms with Crippen molar-refractivity contribution in [1.29, 1.82) is 0 Å². The highest BCUT2D eigenvalue weighted by Gasteiger charge is 2.51. The molecule has 4 aliphatic rings. The van der Waals surface area contributed by atoms with Crippen LogP contribution in [0.1, 0.15) is 72.1 Å². The smallest absolute Gasteiger partial charge is 0.247 e. The SMILES string of the molecule is O=C(CCCN1CCC2(CC1)C(=O)NCN2c1ccccc1)c1ccc(F)cc1.O=C(CCCN1CCC2(CC1)C(=O)NCN2c1ccccc1)c1ccc(F)cc1. The third kappa shape index (κ3) is 9.13. The molecule has 4 saturated heterocycles. The number of Topliss-reactive ketones (excluding diaryl/α,β-unsaturated/α-hetero) is 2. The van der Waals surface area contributed by atoms with Gasteiger partial charge in [-0.05, 0) is 124 Å². The Balaban J connectivity index is 0.000000177. The minimum Gasteiger partial charge on any atom is -0.339 e. The van der Waals surface area contributed by atoms with Crippen LogP contribution in [0.3, 0.4) is 0 Å². The molecule has 2 spiro atoms. The van der Waals surface area contributed by atoms with E-state index in [9.17, 15) is 28.0 Å². The van der Waals surface area contributed by atoms with Crippen molar-refractivity contribution in [1.82, 2.24) is 20.4 Å². The fourth-order valence-corrected chi connectivity index (χ4v) is 8.85. The molecule has 4 heterocycles.